The predicted octanol–water partition coefficient (Wildman–Crippen LogP) is 3.61. The third-order valence-electron chi connectivity index (χ3n) is 3.02. The normalized spacial score (nSPS) is 10.2. The van der Waals surface area contributed by atoms with Crippen LogP contribution in [0.3, 0.4) is 0 Å². The van der Waals surface area contributed by atoms with E-state index in [0.717, 1.165) is 5.69 Å². The Morgan fingerprint density at radius 3 is 2.50 bits per heavy atom. The second-order valence-electron chi connectivity index (χ2n) is 5.33. The van der Waals surface area contributed by atoms with Crippen LogP contribution < -0.4 is 20.1 Å². The number of hydrogen-bond acceptors (Lipinski definition) is 4. The van der Waals surface area contributed by atoms with Crippen LogP contribution >= 0.6 is 12.2 Å². The second kappa shape index (κ2) is 8.31. The molecule has 2 N–H and O–H groups in total. The molecule has 0 aliphatic heterocycles. The lowest BCUT2D eigenvalue weighted by atomic mass is 10.2. The standard InChI is InChI=1S/C18H20N2O3S/c1-12(2)23-16-9-4-6-13(10-16)17(21)20-18(24)19-14-7-5-8-15(11-14)22-3/h4-12H,1-3H3,(H2,19,20,21,24). The van der Waals surface area contributed by atoms with Gasteiger partial charge in [0.15, 0.2) is 5.11 Å². The van der Waals surface area contributed by atoms with Gasteiger partial charge in [0.2, 0.25) is 0 Å². The van der Waals surface area contributed by atoms with E-state index in [1.807, 2.05) is 38.1 Å². The first kappa shape index (κ1) is 17.7. The number of methoxy groups -OCH3 is 1. The van der Waals surface area contributed by atoms with Crippen molar-refractivity contribution in [2.24, 2.45) is 0 Å². The molecular formula is C18H20N2O3S. The van der Waals surface area contributed by atoms with Crippen molar-refractivity contribution in [2.75, 3.05) is 12.4 Å². The van der Waals surface area contributed by atoms with E-state index >= 15 is 0 Å². The Morgan fingerprint density at radius 2 is 1.79 bits per heavy atom. The Bertz CT molecular complexity index is 732. The summed E-state index contributed by atoms with van der Waals surface area (Å²) in [5, 5.41) is 5.81. The molecule has 126 valence electrons. The topological polar surface area (TPSA) is 59.6 Å². The third-order valence-corrected chi connectivity index (χ3v) is 3.23. The Morgan fingerprint density at radius 1 is 1.08 bits per heavy atom. The summed E-state index contributed by atoms with van der Waals surface area (Å²) in [5.41, 5.74) is 1.21. The predicted molar refractivity (Wildman–Crippen MR) is 98.9 cm³/mol. The van der Waals surface area contributed by atoms with Crippen LogP contribution in [-0.2, 0) is 0 Å². The molecule has 0 heterocycles. The quantitative estimate of drug-likeness (QED) is 0.812. The average Bonchev–Trinajstić information content (AvgIpc) is 2.54. The van der Waals surface area contributed by atoms with E-state index in [0.29, 0.717) is 17.1 Å². The Balaban J connectivity index is 1.99. The molecule has 0 saturated carbocycles. The molecule has 0 atom stereocenters. The molecule has 0 bridgehead atoms. The highest BCUT2D eigenvalue weighted by Crippen LogP contribution is 2.17. The van der Waals surface area contributed by atoms with Gasteiger partial charge in [0, 0.05) is 17.3 Å². The summed E-state index contributed by atoms with van der Waals surface area (Å²) in [6.07, 6.45) is 0.0408. The lowest BCUT2D eigenvalue weighted by Gasteiger charge is -2.12. The van der Waals surface area contributed by atoms with Gasteiger partial charge in [-0.2, -0.15) is 0 Å². The molecule has 24 heavy (non-hydrogen) atoms. The van der Waals surface area contributed by atoms with Crippen molar-refractivity contribution < 1.29 is 14.3 Å². The lowest BCUT2D eigenvalue weighted by Crippen LogP contribution is -2.34. The summed E-state index contributed by atoms with van der Waals surface area (Å²) in [7, 11) is 1.59. The van der Waals surface area contributed by atoms with Gasteiger partial charge in [-0.25, -0.2) is 0 Å². The van der Waals surface area contributed by atoms with Crippen molar-refractivity contribution in [2.45, 2.75) is 20.0 Å². The highest BCUT2D eigenvalue weighted by Gasteiger charge is 2.10. The number of anilines is 1. The van der Waals surface area contributed by atoms with Crippen molar-refractivity contribution >= 4 is 28.9 Å². The summed E-state index contributed by atoms with van der Waals surface area (Å²) in [5.74, 6) is 1.04. The van der Waals surface area contributed by atoms with Gasteiger partial charge >= 0.3 is 0 Å². The molecule has 5 nitrogen and oxygen atoms in total. The van der Waals surface area contributed by atoms with Gasteiger partial charge in [0.25, 0.3) is 5.91 Å². The first-order chi connectivity index (χ1) is 11.5. The van der Waals surface area contributed by atoms with Gasteiger partial charge in [-0.15, -0.1) is 0 Å². The fourth-order valence-corrected chi connectivity index (χ4v) is 2.23. The Hall–Kier alpha value is -2.60. The van der Waals surface area contributed by atoms with Crippen molar-refractivity contribution in [1.29, 1.82) is 0 Å². The molecule has 2 aromatic carbocycles. The SMILES string of the molecule is COc1cccc(NC(=S)NC(=O)c2cccc(OC(C)C)c2)c1. The van der Waals surface area contributed by atoms with E-state index in [1.165, 1.54) is 0 Å². The van der Waals surface area contributed by atoms with Crippen molar-refractivity contribution in [3.63, 3.8) is 0 Å². The molecule has 2 aromatic rings. The van der Waals surface area contributed by atoms with Crippen molar-refractivity contribution in [3.8, 4) is 11.5 Å². The van der Waals surface area contributed by atoms with Gasteiger partial charge in [-0.3, -0.25) is 10.1 Å². The smallest absolute Gasteiger partial charge is 0.257 e. The zero-order valence-corrected chi connectivity index (χ0v) is 14.6. The summed E-state index contributed by atoms with van der Waals surface area (Å²) >= 11 is 5.18. The molecule has 1 amide bonds. The molecule has 0 fully saturated rings. The van der Waals surface area contributed by atoms with Crippen LogP contribution in [0.1, 0.15) is 24.2 Å². The molecule has 0 unspecified atom stereocenters. The van der Waals surface area contributed by atoms with Crippen molar-refractivity contribution in [1.82, 2.24) is 5.32 Å². The molecule has 2 rings (SSSR count). The van der Waals surface area contributed by atoms with E-state index < -0.39 is 0 Å². The number of carbonyl (C=O) groups is 1. The highest BCUT2D eigenvalue weighted by atomic mass is 32.1. The monoisotopic (exact) mass is 344 g/mol. The summed E-state index contributed by atoms with van der Waals surface area (Å²) < 4.78 is 10.7. The molecule has 0 aliphatic carbocycles. The fourth-order valence-electron chi connectivity index (χ4n) is 2.02. The minimum atomic E-state index is -0.301. The van der Waals surface area contributed by atoms with Gasteiger partial charge in [0.1, 0.15) is 11.5 Å². The summed E-state index contributed by atoms with van der Waals surface area (Å²) in [4.78, 5) is 12.3. The van der Waals surface area contributed by atoms with Crippen LogP contribution in [0.15, 0.2) is 48.5 Å². The van der Waals surface area contributed by atoms with Gasteiger partial charge in [-0.1, -0.05) is 12.1 Å². The largest absolute Gasteiger partial charge is 0.497 e. The highest BCUT2D eigenvalue weighted by molar-refractivity contribution is 7.80. The zero-order chi connectivity index (χ0) is 17.5. The number of amides is 1. The first-order valence-electron chi connectivity index (χ1n) is 7.51. The Kier molecular flexibility index (Phi) is 6.14. The zero-order valence-electron chi connectivity index (χ0n) is 13.8. The van der Waals surface area contributed by atoms with E-state index in [9.17, 15) is 4.79 Å². The number of ether oxygens (including phenoxy) is 2. The van der Waals surface area contributed by atoms with Gasteiger partial charge in [-0.05, 0) is 56.4 Å². The summed E-state index contributed by atoms with van der Waals surface area (Å²) in [6, 6.07) is 14.2. The fraction of sp³-hybridized carbons (Fsp3) is 0.222. The number of hydrogen-bond donors (Lipinski definition) is 2. The Labute approximate surface area is 147 Å². The maximum absolute atomic E-state index is 12.3. The van der Waals surface area contributed by atoms with Crippen LogP contribution in [0.2, 0.25) is 0 Å². The molecule has 0 aliphatic rings. The number of nitrogens with one attached hydrogen (secondary N) is 2. The van der Waals surface area contributed by atoms with E-state index in [4.69, 9.17) is 21.7 Å². The van der Waals surface area contributed by atoms with E-state index in [-0.39, 0.29) is 17.1 Å². The average molecular weight is 344 g/mol. The molecule has 0 radical (unpaired) electrons. The van der Waals surface area contributed by atoms with Crippen LogP contribution in [-0.4, -0.2) is 24.2 Å². The lowest BCUT2D eigenvalue weighted by molar-refractivity contribution is 0.0977. The van der Waals surface area contributed by atoms with Crippen LogP contribution in [0.25, 0.3) is 0 Å². The summed E-state index contributed by atoms with van der Waals surface area (Å²) in [6.45, 7) is 3.86. The van der Waals surface area contributed by atoms with Crippen LogP contribution in [0, 0.1) is 0 Å². The number of benzene rings is 2. The van der Waals surface area contributed by atoms with E-state index in [1.54, 1.807) is 31.4 Å². The number of thiocarbonyl (C=S) groups is 1. The molecular weight excluding hydrogens is 324 g/mol. The maximum Gasteiger partial charge on any atom is 0.257 e. The minimum absolute atomic E-state index is 0.0408. The van der Waals surface area contributed by atoms with Crippen molar-refractivity contribution in [3.05, 3.63) is 54.1 Å². The molecule has 0 saturated heterocycles. The van der Waals surface area contributed by atoms with Gasteiger partial charge in [0.05, 0.1) is 13.2 Å². The molecule has 0 spiro atoms. The molecule has 6 heteroatoms. The second-order valence-corrected chi connectivity index (χ2v) is 5.74. The number of rotatable bonds is 5. The number of carbonyl (C=O) groups excluding carboxylic acids is 1. The van der Waals surface area contributed by atoms with Gasteiger partial charge < -0.3 is 14.8 Å². The van der Waals surface area contributed by atoms with Crippen LogP contribution in [0.5, 0.6) is 11.5 Å². The third kappa shape index (κ3) is 5.24. The minimum Gasteiger partial charge on any atom is -0.497 e. The maximum atomic E-state index is 12.3. The van der Waals surface area contributed by atoms with Crippen LogP contribution in [0.4, 0.5) is 5.69 Å². The van der Waals surface area contributed by atoms with E-state index in [2.05, 4.69) is 10.6 Å². The first-order valence-corrected chi connectivity index (χ1v) is 7.92. The molecule has 0 aromatic heterocycles.